The predicted octanol–water partition coefficient (Wildman–Crippen LogP) is 2.26. The highest BCUT2D eigenvalue weighted by atomic mass is 16.1. The summed E-state index contributed by atoms with van der Waals surface area (Å²) in [5, 5.41) is 3.20. The number of carbonyl (C=O) groups excluding carboxylic acids is 1. The molecule has 1 saturated heterocycles. The van der Waals surface area contributed by atoms with E-state index in [9.17, 15) is 4.79 Å². The number of anilines is 1. The van der Waals surface area contributed by atoms with Crippen LogP contribution >= 0.6 is 0 Å². The molecule has 0 aliphatic carbocycles. The molecule has 2 aliphatic heterocycles. The number of benzene rings is 1. The Kier molecular flexibility index (Phi) is 5.86. The van der Waals surface area contributed by atoms with Crippen molar-refractivity contribution < 1.29 is 4.79 Å². The topological polar surface area (TPSA) is 61.4 Å². The van der Waals surface area contributed by atoms with Crippen LogP contribution in [0.4, 0.5) is 5.82 Å². The van der Waals surface area contributed by atoms with Gasteiger partial charge in [0.1, 0.15) is 5.82 Å². The normalized spacial score (nSPS) is 19.1. The van der Waals surface area contributed by atoms with Gasteiger partial charge in [-0.25, -0.2) is 4.98 Å². The minimum Gasteiger partial charge on any atom is -0.355 e. The lowest BCUT2D eigenvalue weighted by molar-refractivity contribution is -0.125. The molecule has 3 heterocycles. The number of hydrogen-bond acceptors (Lipinski definition) is 5. The Hall–Kier alpha value is -2.47. The van der Waals surface area contributed by atoms with Crippen molar-refractivity contribution in [1.82, 2.24) is 20.2 Å². The largest absolute Gasteiger partial charge is 0.355 e. The molecule has 6 heteroatoms. The predicted molar refractivity (Wildman–Crippen MR) is 110 cm³/mol. The zero-order valence-electron chi connectivity index (χ0n) is 16.6. The van der Waals surface area contributed by atoms with Gasteiger partial charge in [-0.1, -0.05) is 24.3 Å². The van der Waals surface area contributed by atoms with Crippen LogP contribution in [0.5, 0.6) is 0 Å². The van der Waals surface area contributed by atoms with E-state index in [1.54, 1.807) is 18.6 Å². The zero-order chi connectivity index (χ0) is 19.3. The fourth-order valence-corrected chi connectivity index (χ4v) is 4.24. The van der Waals surface area contributed by atoms with E-state index in [2.05, 4.69) is 56.3 Å². The first kappa shape index (κ1) is 18.9. The first-order valence-electron chi connectivity index (χ1n) is 10.3. The van der Waals surface area contributed by atoms with Crippen molar-refractivity contribution in [1.29, 1.82) is 0 Å². The van der Waals surface area contributed by atoms with Gasteiger partial charge in [0.2, 0.25) is 5.91 Å². The number of nitrogens with one attached hydrogen (secondary N) is 1. The molecule has 2 aliphatic rings. The second-order valence-electron chi connectivity index (χ2n) is 7.91. The van der Waals surface area contributed by atoms with Crippen LogP contribution in [-0.2, 0) is 17.8 Å². The van der Waals surface area contributed by atoms with Crippen molar-refractivity contribution in [2.24, 2.45) is 5.92 Å². The minimum atomic E-state index is 0.0993. The molecule has 0 spiro atoms. The monoisotopic (exact) mass is 379 g/mol. The second kappa shape index (κ2) is 8.69. The molecule has 1 aromatic heterocycles. The Morgan fingerprint density at radius 1 is 1.18 bits per heavy atom. The molecule has 2 aromatic rings. The quantitative estimate of drug-likeness (QED) is 0.863. The number of carbonyl (C=O) groups is 1. The fourth-order valence-electron chi connectivity index (χ4n) is 4.24. The summed E-state index contributed by atoms with van der Waals surface area (Å²) in [6, 6.07) is 9.03. The molecule has 1 atom stereocenters. The molecular formula is C22H29N5O. The van der Waals surface area contributed by atoms with Gasteiger partial charge in [-0.15, -0.1) is 0 Å². The Bertz CT molecular complexity index is 789. The molecule has 1 fully saturated rings. The van der Waals surface area contributed by atoms with E-state index in [1.165, 1.54) is 11.1 Å². The van der Waals surface area contributed by atoms with Gasteiger partial charge in [0.15, 0.2) is 0 Å². The summed E-state index contributed by atoms with van der Waals surface area (Å²) in [5.74, 6) is 1.20. The van der Waals surface area contributed by atoms with Crippen LogP contribution in [0.15, 0.2) is 42.9 Å². The van der Waals surface area contributed by atoms with Crippen molar-refractivity contribution in [2.45, 2.75) is 38.8 Å². The lowest BCUT2D eigenvalue weighted by atomic mass is 9.95. The van der Waals surface area contributed by atoms with E-state index in [-0.39, 0.29) is 11.8 Å². The second-order valence-corrected chi connectivity index (χ2v) is 7.91. The molecule has 28 heavy (non-hydrogen) atoms. The summed E-state index contributed by atoms with van der Waals surface area (Å²) in [6.45, 7) is 6.68. The number of hydrogen-bond donors (Lipinski definition) is 1. The molecule has 0 saturated carbocycles. The van der Waals surface area contributed by atoms with Gasteiger partial charge in [0.05, 0.1) is 6.20 Å². The van der Waals surface area contributed by atoms with Gasteiger partial charge in [-0.2, -0.15) is 0 Å². The molecule has 1 N–H and O–H groups in total. The minimum absolute atomic E-state index is 0.0993. The third-order valence-electron chi connectivity index (χ3n) is 6.09. The summed E-state index contributed by atoms with van der Waals surface area (Å²) >= 11 is 0. The lowest BCUT2D eigenvalue weighted by Gasteiger charge is -2.35. The summed E-state index contributed by atoms with van der Waals surface area (Å²) in [7, 11) is 0. The summed E-state index contributed by atoms with van der Waals surface area (Å²) in [4.78, 5) is 25.8. The Morgan fingerprint density at radius 3 is 2.71 bits per heavy atom. The standard InChI is InChI=1S/C22H29N5O/c1-17(27-13-6-18-4-2-3-5-20(18)16-27)14-25-22(28)19-7-11-26(12-8-19)21-15-23-9-10-24-21/h2-5,9-10,15,17,19H,6-8,11-14,16H2,1H3,(H,25,28). The fraction of sp³-hybridized carbons (Fsp3) is 0.500. The SMILES string of the molecule is CC(CNC(=O)C1CCN(c2cnccn2)CC1)N1CCc2ccccc2C1. The number of rotatable bonds is 5. The first-order valence-corrected chi connectivity index (χ1v) is 10.3. The van der Waals surface area contributed by atoms with Crippen LogP contribution in [0.2, 0.25) is 0 Å². The van der Waals surface area contributed by atoms with Crippen LogP contribution in [0, 0.1) is 5.92 Å². The van der Waals surface area contributed by atoms with E-state index in [4.69, 9.17) is 0 Å². The van der Waals surface area contributed by atoms with Crippen molar-refractivity contribution >= 4 is 11.7 Å². The average molecular weight is 380 g/mol. The maximum atomic E-state index is 12.7. The highest BCUT2D eigenvalue weighted by Gasteiger charge is 2.27. The molecular weight excluding hydrogens is 350 g/mol. The van der Waals surface area contributed by atoms with Gasteiger partial charge in [0, 0.05) is 57.1 Å². The maximum absolute atomic E-state index is 12.7. The van der Waals surface area contributed by atoms with E-state index in [0.717, 1.165) is 51.3 Å². The van der Waals surface area contributed by atoms with Crippen LogP contribution in [-0.4, -0.2) is 53.0 Å². The molecule has 4 rings (SSSR count). The van der Waals surface area contributed by atoms with E-state index < -0.39 is 0 Å². The average Bonchev–Trinajstić information content (AvgIpc) is 2.77. The highest BCUT2D eigenvalue weighted by Crippen LogP contribution is 2.22. The zero-order valence-corrected chi connectivity index (χ0v) is 16.6. The van der Waals surface area contributed by atoms with Crippen molar-refractivity contribution in [3.63, 3.8) is 0 Å². The van der Waals surface area contributed by atoms with Crippen molar-refractivity contribution in [2.75, 3.05) is 31.1 Å². The Balaban J connectivity index is 1.23. The van der Waals surface area contributed by atoms with Crippen LogP contribution in [0.3, 0.4) is 0 Å². The molecule has 6 nitrogen and oxygen atoms in total. The Labute approximate surface area is 167 Å². The third kappa shape index (κ3) is 4.33. The lowest BCUT2D eigenvalue weighted by Crippen LogP contribution is -2.47. The molecule has 0 radical (unpaired) electrons. The van der Waals surface area contributed by atoms with E-state index in [0.29, 0.717) is 12.6 Å². The highest BCUT2D eigenvalue weighted by molar-refractivity contribution is 5.79. The number of nitrogens with zero attached hydrogens (tertiary/aromatic N) is 4. The number of aromatic nitrogens is 2. The van der Waals surface area contributed by atoms with Gasteiger partial charge >= 0.3 is 0 Å². The smallest absolute Gasteiger partial charge is 0.223 e. The van der Waals surface area contributed by atoms with Gasteiger partial charge < -0.3 is 10.2 Å². The van der Waals surface area contributed by atoms with Gasteiger partial charge in [-0.05, 0) is 37.3 Å². The third-order valence-corrected chi connectivity index (χ3v) is 6.09. The molecule has 1 aromatic carbocycles. The summed E-state index contributed by atoms with van der Waals surface area (Å²) < 4.78 is 0. The van der Waals surface area contributed by atoms with E-state index in [1.807, 2.05) is 0 Å². The maximum Gasteiger partial charge on any atom is 0.223 e. The van der Waals surface area contributed by atoms with E-state index >= 15 is 0 Å². The number of amides is 1. The van der Waals surface area contributed by atoms with Gasteiger partial charge in [-0.3, -0.25) is 14.7 Å². The van der Waals surface area contributed by atoms with Gasteiger partial charge in [0.25, 0.3) is 0 Å². The Morgan fingerprint density at radius 2 is 1.96 bits per heavy atom. The van der Waals surface area contributed by atoms with Crippen molar-refractivity contribution in [3.05, 3.63) is 54.0 Å². The van der Waals surface area contributed by atoms with Crippen LogP contribution in [0.25, 0.3) is 0 Å². The summed E-state index contributed by atoms with van der Waals surface area (Å²) in [6.07, 6.45) is 8.02. The molecule has 148 valence electrons. The van der Waals surface area contributed by atoms with Crippen molar-refractivity contribution in [3.8, 4) is 0 Å². The summed E-state index contributed by atoms with van der Waals surface area (Å²) in [5.41, 5.74) is 2.88. The molecule has 1 unspecified atom stereocenters. The molecule has 1 amide bonds. The first-order chi connectivity index (χ1) is 13.7. The molecule has 0 bridgehead atoms. The number of fused-ring (bicyclic) bond motifs is 1. The van der Waals surface area contributed by atoms with Crippen LogP contribution < -0.4 is 10.2 Å². The number of piperidine rings is 1. The van der Waals surface area contributed by atoms with Crippen LogP contribution in [0.1, 0.15) is 30.9 Å².